The van der Waals surface area contributed by atoms with Gasteiger partial charge in [-0.3, -0.25) is 4.79 Å². The normalized spacial score (nSPS) is 10.6. The predicted molar refractivity (Wildman–Crippen MR) is 144 cm³/mol. The van der Waals surface area contributed by atoms with Crippen LogP contribution >= 0.6 is 0 Å². The van der Waals surface area contributed by atoms with E-state index in [1.54, 1.807) is 30.3 Å². The number of carbonyl (C=O) groups excluding carboxylic acids is 2. The molecule has 37 heavy (non-hydrogen) atoms. The van der Waals surface area contributed by atoms with Crippen molar-refractivity contribution in [1.29, 1.82) is 0 Å². The first kappa shape index (κ1) is 23.8. The van der Waals surface area contributed by atoms with Crippen LogP contribution in [-0.2, 0) is 9.53 Å². The van der Waals surface area contributed by atoms with Crippen LogP contribution in [0.25, 0.3) is 22.2 Å². The third-order valence-electron chi connectivity index (χ3n) is 5.73. The van der Waals surface area contributed by atoms with Crippen LogP contribution in [0.2, 0.25) is 0 Å². The molecule has 1 amide bonds. The van der Waals surface area contributed by atoms with Gasteiger partial charge in [0.15, 0.2) is 6.61 Å². The topological polar surface area (TPSA) is 77.5 Å². The van der Waals surface area contributed by atoms with E-state index >= 15 is 0 Å². The second-order valence-corrected chi connectivity index (χ2v) is 8.50. The van der Waals surface area contributed by atoms with Crippen molar-refractivity contribution in [2.45, 2.75) is 6.92 Å². The Morgan fingerprint density at radius 3 is 2.22 bits per heavy atom. The van der Waals surface area contributed by atoms with Crippen LogP contribution in [-0.4, -0.2) is 23.5 Å². The quantitative estimate of drug-likeness (QED) is 0.255. The van der Waals surface area contributed by atoms with Gasteiger partial charge in [0, 0.05) is 16.6 Å². The molecule has 1 heterocycles. The highest BCUT2D eigenvalue weighted by atomic mass is 16.5. The molecule has 0 spiro atoms. The van der Waals surface area contributed by atoms with Crippen molar-refractivity contribution in [3.05, 3.63) is 120 Å². The summed E-state index contributed by atoms with van der Waals surface area (Å²) < 4.78 is 11.1. The summed E-state index contributed by atoms with van der Waals surface area (Å²) in [7, 11) is 0. The smallest absolute Gasteiger partial charge is 0.339 e. The molecule has 4 aromatic carbocycles. The van der Waals surface area contributed by atoms with Crippen molar-refractivity contribution < 1.29 is 19.1 Å². The molecule has 0 saturated carbocycles. The maximum Gasteiger partial charge on any atom is 0.339 e. The van der Waals surface area contributed by atoms with Crippen molar-refractivity contribution in [3.63, 3.8) is 0 Å². The van der Waals surface area contributed by atoms with E-state index in [0.717, 1.165) is 16.9 Å². The molecule has 0 aliphatic rings. The highest BCUT2D eigenvalue weighted by Gasteiger charge is 2.17. The van der Waals surface area contributed by atoms with Gasteiger partial charge in [-0.05, 0) is 55.5 Å². The van der Waals surface area contributed by atoms with E-state index < -0.39 is 18.5 Å². The van der Waals surface area contributed by atoms with Crippen molar-refractivity contribution in [3.8, 4) is 22.8 Å². The van der Waals surface area contributed by atoms with Gasteiger partial charge < -0.3 is 14.8 Å². The Kier molecular flexibility index (Phi) is 6.90. The van der Waals surface area contributed by atoms with Gasteiger partial charge in [-0.1, -0.05) is 66.2 Å². The summed E-state index contributed by atoms with van der Waals surface area (Å²) in [6, 6.07) is 33.4. The van der Waals surface area contributed by atoms with Gasteiger partial charge in [0.2, 0.25) is 0 Å². The SMILES string of the molecule is Cc1ccc(-c2cc(C(=O)OCC(=O)Nc3ccc(Oc4ccccc4)cc3)c3ccccc3n2)cc1. The maximum absolute atomic E-state index is 13.0. The molecule has 5 rings (SSSR count). The van der Waals surface area contributed by atoms with Crippen molar-refractivity contribution in [1.82, 2.24) is 4.98 Å². The summed E-state index contributed by atoms with van der Waals surface area (Å²) in [5, 5.41) is 3.40. The highest BCUT2D eigenvalue weighted by molar-refractivity contribution is 6.05. The third-order valence-corrected chi connectivity index (χ3v) is 5.73. The minimum absolute atomic E-state index is 0.358. The molecule has 0 bridgehead atoms. The number of amides is 1. The summed E-state index contributed by atoms with van der Waals surface area (Å²) in [5.74, 6) is 0.334. The number of nitrogens with zero attached hydrogens (tertiary/aromatic N) is 1. The van der Waals surface area contributed by atoms with Crippen LogP contribution < -0.4 is 10.1 Å². The molecule has 0 aliphatic heterocycles. The number of aryl methyl sites for hydroxylation is 1. The molecule has 0 fully saturated rings. The zero-order valence-electron chi connectivity index (χ0n) is 20.2. The van der Waals surface area contributed by atoms with Gasteiger partial charge in [-0.15, -0.1) is 0 Å². The number of nitrogens with one attached hydrogen (secondary N) is 1. The van der Waals surface area contributed by atoms with E-state index in [-0.39, 0.29) is 0 Å². The van der Waals surface area contributed by atoms with E-state index in [9.17, 15) is 9.59 Å². The Balaban J connectivity index is 1.25. The van der Waals surface area contributed by atoms with Crippen molar-refractivity contribution in [2.75, 3.05) is 11.9 Å². The highest BCUT2D eigenvalue weighted by Crippen LogP contribution is 2.26. The standard InChI is InChI=1S/C31H24N2O4/c1-21-11-13-22(14-12-21)29-19-27(26-9-5-6-10-28(26)33-29)31(35)36-20-30(34)32-23-15-17-25(18-16-23)37-24-7-3-2-4-8-24/h2-19H,20H2,1H3,(H,32,34). The second-order valence-electron chi connectivity index (χ2n) is 8.50. The molecule has 1 aromatic heterocycles. The van der Waals surface area contributed by atoms with Crippen LogP contribution in [0.4, 0.5) is 5.69 Å². The Morgan fingerprint density at radius 1 is 0.784 bits per heavy atom. The van der Waals surface area contributed by atoms with E-state index in [0.29, 0.717) is 33.6 Å². The molecule has 6 heteroatoms. The van der Waals surface area contributed by atoms with Crippen LogP contribution in [0.15, 0.2) is 109 Å². The molecule has 0 atom stereocenters. The first-order valence-corrected chi connectivity index (χ1v) is 11.8. The maximum atomic E-state index is 13.0. The summed E-state index contributed by atoms with van der Waals surface area (Å²) in [4.78, 5) is 30.2. The van der Waals surface area contributed by atoms with Crippen LogP contribution in [0.1, 0.15) is 15.9 Å². The number of carbonyl (C=O) groups is 2. The number of benzene rings is 4. The first-order chi connectivity index (χ1) is 18.0. The molecule has 0 aliphatic carbocycles. The van der Waals surface area contributed by atoms with Gasteiger partial charge in [0.25, 0.3) is 5.91 Å². The molecule has 0 radical (unpaired) electrons. The summed E-state index contributed by atoms with van der Waals surface area (Å²) >= 11 is 0. The predicted octanol–water partition coefficient (Wildman–Crippen LogP) is 6.80. The Labute approximate surface area is 214 Å². The Hall–Kier alpha value is -4.97. The van der Waals surface area contributed by atoms with Gasteiger partial charge in [0.1, 0.15) is 11.5 Å². The number of hydrogen-bond acceptors (Lipinski definition) is 5. The lowest BCUT2D eigenvalue weighted by Gasteiger charge is -2.11. The van der Waals surface area contributed by atoms with Gasteiger partial charge in [-0.2, -0.15) is 0 Å². The summed E-state index contributed by atoms with van der Waals surface area (Å²) in [6.07, 6.45) is 0. The summed E-state index contributed by atoms with van der Waals surface area (Å²) in [5.41, 5.74) is 4.29. The zero-order valence-corrected chi connectivity index (χ0v) is 20.2. The minimum Gasteiger partial charge on any atom is -0.457 e. The number of ether oxygens (including phenoxy) is 2. The van der Waals surface area contributed by atoms with Gasteiger partial charge in [-0.25, -0.2) is 9.78 Å². The first-order valence-electron chi connectivity index (χ1n) is 11.8. The number of rotatable bonds is 7. The molecule has 0 saturated heterocycles. The molecule has 182 valence electrons. The third kappa shape index (κ3) is 5.82. The average Bonchev–Trinajstić information content (AvgIpc) is 2.93. The van der Waals surface area contributed by atoms with E-state index in [1.165, 1.54) is 0 Å². The van der Waals surface area contributed by atoms with Gasteiger partial charge >= 0.3 is 5.97 Å². The number of esters is 1. The molecule has 5 aromatic rings. The fourth-order valence-corrected chi connectivity index (χ4v) is 3.85. The molecule has 6 nitrogen and oxygen atoms in total. The number of aromatic nitrogens is 1. The van der Waals surface area contributed by atoms with Crippen LogP contribution in [0.3, 0.4) is 0 Å². The van der Waals surface area contributed by atoms with Crippen molar-refractivity contribution in [2.24, 2.45) is 0 Å². The van der Waals surface area contributed by atoms with E-state index in [1.807, 2.05) is 85.8 Å². The lowest BCUT2D eigenvalue weighted by Crippen LogP contribution is -2.21. The Bertz CT molecular complexity index is 1550. The lowest BCUT2D eigenvalue weighted by atomic mass is 10.0. The number of fused-ring (bicyclic) bond motifs is 1. The van der Waals surface area contributed by atoms with Crippen LogP contribution in [0.5, 0.6) is 11.5 Å². The zero-order chi connectivity index (χ0) is 25.6. The molecule has 0 unspecified atom stereocenters. The van der Waals surface area contributed by atoms with Gasteiger partial charge in [0.05, 0.1) is 16.8 Å². The van der Waals surface area contributed by atoms with Crippen LogP contribution in [0, 0.1) is 6.92 Å². The minimum atomic E-state index is -0.589. The molecular formula is C31H24N2O4. The number of hydrogen-bond donors (Lipinski definition) is 1. The molecular weight excluding hydrogens is 464 g/mol. The number of anilines is 1. The Morgan fingerprint density at radius 2 is 1.46 bits per heavy atom. The average molecular weight is 489 g/mol. The largest absolute Gasteiger partial charge is 0.457 e. The second kappa shape index (κ2) is 10.7. The van der Waals surface area contributed by atoms with E-state index in [2.05, 4.69) is 5.32 Å². The summed E-state index contributed by atoms with van der Waals surface area (Å²) in [6.45, 7) is 1.59. The number of para-hydroxylation sites is 2. The van der Waals surface area contributed by atoms with Crippen molar-refractivity contribution >= 4 is 28.5 Å². The lowest BCUT2D eigenvalue weighted by molar-refractivity contribution is -0.119. The van der Waals surface area contributed by atoms with E-state index in [4.69, 9.17) is 14.5 Å². The monoisotopic (exact) mass is 488 g/mol. The molecule has 1 N–H and O–H groups in total. The fourth-order valence-electron chi connectivity index (χ4n) is 3.85. The number of pyridine rings is 1. The fraction of sp³-hybridized carbons (Fsp3) is 0.0645.